The summed E-state index contributed by atoms with van der Waals surface area (Å²) in [6, 6.07) is 6.29. The molecule has 0 bridgehead atoms. The third-order valence-electron chi connectivity index (χ3n) is 3.33. The molecule has 4 heteroatoms. The van der Waals surface area contributed by atoms with Crippen LogP contribution in [-0.2, 0) is 11.3 Å². The van der Waals surface area contributed by atoms with E-state index in [0.29, 0.717) is 0 Å². The van der Waals surface area contributed by atoms with E-state index in [9.17, 15) is 0 Å². The van der Waals surface area contributed by atoms with Crippen LogP contribution in [0.25, 0.3) is 0 Å². The first kappa shape index (κ1) is 14.6. The second kappa shape index (κ2) is 7.10. The summed E-state index contributed by atoms with van der Waals surface area (Å²) in [5, 5.41) is 3.44. The number of nitrogens with zero attached hydrogens (tertiary/aromatic N) is 2. The minimum absolute atomic E-state index is 0.775. The molecule has 1 heterocycles. The van der Waals surface area contributed by atoms with Gasteiger partial charge in [-0.1, -0.05) is 18.2 Å². The zero-order valence-electron chi connectivity index (χ0n) is 12.5. The minimum Gasteiger partial charge on any atom is -0.382 e. The Labute approximate surface area is 120 Å². The molecule has 1 N–H and O–H groups in total. The van der Waals surface area contributed by atoms with E-state index in [-0.39, 0.29) is 0 Å². The zero-order valence-corrected chi connectivity index (χ0v) is 12.5. The first-order chi connectivity index (χ1) is 9.72. The molecule has 0 spiro atoms. The van der Waals surface area contributed by atoms with Crippen LogP contribution in [0.5, 0.6) is 0 Å². The van der Waals surface area contributed by atoms with E-state index in [1.54, 1.807) is 0 Å². The molecule has 0 aliphatic heterocycles. The van der Waals surface area contributed by atoms with Gasteiger partial charge < -0.3 is 14.6 Å². The largest absolute Gasteiger partial charge is 0.382 e. The highest BCUT2D eigenvalue weighted by Gasteiger charge is 2.07. The van der Waals surface area contributed by atoms with Crippen LogP contribution in [0.15, 0.2) is 30.6 Å². The van der Waals surface area contributed by atoms with Crippen LogP contribution in [0.2, 0.25) is 0 Å². The van der Waals surface area contributed by atoms with Crippen LogP contribution < -0.4 is 5.32 Å². The summed E-state index contributed by atoms with van der Waals surface area (Å²) in [5.41, 5.74) is 3.60. The van der Waals surface area contributed by atoms with Crippen molar-refractivity contribution >= 4 is 11.6 Å². The number of hydrogen-bond donors (Lipinski definition) is 1. The molecule has 0 amide bonds. The maximum Gasteiger partial charge on any atom is 0.207 e. The van der Waals surface area contributed by atoms with E-state index in [1.807, 2.05) is 19.3 Å². The van der Waals surface area contributed by atoms with Gasteiger partial charge in [0.25, 0.3) is 0 Å². The van der Waals surface area contributed by atoms with E-state index in [4.69, 9.17) is 4.74 Å². The van der Waals surface area contributed by atoms with Crippen molar-refractivity contribution in [3.8, 4) is 0 Å². The fraction of sp³-hybridized carbons (Fsp3) is 0.438. The molecule has 0 saturated carbocycles. The predicted octanol–water partition coefficient (Wildman–Crippen LogP) is 3.67. The summed E-state index contributed by atoms with van der Waals surface area (Å²) >= 11 is 0. The molecule has 4 nitrogen and oxygen atoms in total. The molecule has 0 aliphatic rings. The third-order valence-corrected chi connectivity index (χ3v) is 3.33. The van der Waals surface area contributed by atoms with Crippen LogP contribution in [0.4, 0.5) is 11.6 Å². The lowest BCUT2D eigenvalue weighted by molar-refractivity contribution is 0.142. The van der Waals surface area contributed by atoms with Crippen molar-refractivity contribution in [2.45, 2.75) is 33.7 Å². The molecule has 108 valence electrons. The van der Waals surface area contributed by atoms with E-state index in [2.05, 4.69) is 46.9 Å². The van der Waals surface area contributed by atoms with Gasteiger partial charge in [-0.3, -0.25) is 0 Å². The Balaban J connectivity index is 2.05. The Hall–Kier alpha value is -1.81. The molecule has 0 atom stereocenters. The quantitative estimate of drug-likeness (QED) is 0.782. The summed E-state index contributed by atoms with van der Waals surface area (Å²) in [7, 11) is 0. The number of imidazole rings is 1. The average molecular weight is 273 g/mol. The number of nitrogens with one attached hydrogen (secondary N) is 1. The first-order valence-corrected chi connectivity index (χ1v) is 7.14. The monoisotopic (exact) mass is 273 g/mol. The van der Waals surface area contributed by atoms with Crippen molar-refractivity contribution in [2.24, 2.45) is 0 Å². The van der Waals surface area contributed by atoms with Crippen molar-refractivity contribution < 1.29 is 4.74 Å². The Bertz CT molecular complexity index is 528. The van der Waals surface area contributed by atoms with Gasteiger partial charge in [0, 0.05) is 37.8 Å². The van der Waals surface area contributed by atoms with Crippen molar-refractivity contribution in [3.05, 3.63) is 41.7 Å². The van der Waals surface area contributed by atoms with E-state index >= 15 is 0 Å². The molecule has 0 radical (unpaired) electrons. The summed E-state index contributed by atoms with van der Waals surface area (Å²) in [6.07, 6.45) is 4.82. The number of benzene rings is 1. The second-order valence-electron chi connectivity index (χ2n) is 4.89. The maximum absolute atomic E-state index is 5.37. The Morgan fingerprint density at radius 2 is 2.00 bits per heavy atom. The molecule has 0 unspecified atom stereocenters. The van der Waals surface area contributed by atoms with Gasteiger partial charge in [-0.2, -0.15) is 0 Å². The predicted molar refractivity (Wildman–Crippen MR) is 82.5 cm³/mol. The number of ether oxygens (including phenoxy) is 1. The molecule has 0 fully saturated rings. The lowest BCUT2D eigenvalue weighted by atomic mass is 10.1. The number of aromatic nitrogens is 2. The number of anilines is 2. The minimum atomic E-state index is 0.775. The first-order valence-electron chi connectivity index (χ1n) is 7.14. The summed E-state index contributed by atoms with van der Waals surface area (Å²) in [6.45, 7) is 8.71. The van der Waals surface area contributed by atoms with E-state index < -0.39 is 0 Å². The van der Waals surface area contributed by atoms with E-state index in [1.165, 1.54) is 11.1 Å². The summed E-state index contributed by atoms with van der Waals surface area (Å²) in [5.74, 6) is 0.888. The molecule has 2 rings (SSSR count). The Morgan fingerprint density at radius 1 is 1.25 bits per heavy atom. The third kappa shape index (κ3) is 3.61. The molecular formula is C16H23N3O. The lowest BCUT2D eigenvalue weighted by Gasteiger charge is -2.14. The highest BCUT2D eigenvalue weighted by atomic mass is 16.5. The van der Waals surface area contributed by atoms with Crippen molar-refractivity contribution in [2.75, 3.05) is 18.5 Å². The smallest absolute Gasteiger partial charge is 0.207 e. The van der Waals surface area contributed by atoms with Crippen LogP contribution in [-0.4, -0.2) is 22.8 Å². The van der Waals surface area contributed by atoms with E-state index in [0.717, 1.165) is 37.8 Å². The van der Waals surface area contributed by atoms with Gasteiger partial charge in [0.1, 0.15) is 0 Å². The lowest BCUT2D eigenvalue weighted by Crippen LogP contribution is -2.07. The molecule has 2 aromatic rings. The second-order valence-corrected chi connectivity index (χ2v) is 4.89. The summed E-state index contributed by atoms with van der Waals surface area (Å²) in [4.78, 5) is 4.40. The number of rotatable bonds is 7. The summed E-state index contributed by atoms with van der Waals surface area (Å²) < 4.78 is 7.50. The fourth-order valence-corrected chi connectivity index (χ4v) is 2.22. The normalized spacial score (nSPS) is 10.8. The SMILES string of the molecule is CCOCCCn1ccnc1Nc1c(C)cccc1C. The highest BCUT2D eigenvalue weighted by Crippen LogP contribution is 2.23. The van der Waals surface area contributed by atoms with Gasteiger partial charge in [0.15, 0.2) is 0 Å². The zero-order chi connectivity index (χ0) is 14.4. The molecular weight excluding hydrogens is 250 g/mol. The standard InChI is InChI=1S/C16H23N3O/c1-4-20-12-6-10-19-11-9-17-16(19)18-15-13(2)7-5-8-14(15)3/h5,7-9,11H,4,6,10,12H2,1-3H3,(H,17,18). The van der Waals surface area contributed by atoms with Crippen molar-refractivity contribution in [3.63, 3.8) is 0 Å². The molecule has 0 aliphatic carbocycles. The van der Waals surface area contributed by atoms with Crippen LogP contribution in [0.1, 0.15) is 24.5 Å². The number of para-hydroxylation sites is 1. The van der Waals surface area contributed by atoms with Crippen LogP contribution >= 0.6 is 0 Å². The van der Waals surface area contributed by atoms with Crippen molar-refractivity contribution in [1.29, 1.82) is 0 Å². The molecule has 1 aromatic carbocycles. The Morgan fingerprint density at radius 3 is 2.70 bits per heavy atom. The van der Waals surface area contributed by atoms with Gasteiger partial charge in [0.2, 0.25) is 5.95 Å². The number of hydrogen-bond acceptors (Lipinski definition) is 3. The van der Waals surface area contributed by atoms with Gasteiger partial charge in [-0.25, -0.2) is 4.98 Å². The molecule has 20 heavy (non-hydrogen) atoms. The van der Waals surface area contributed by atoms with Gasteiger partial charge in [-0.15, -0.1) is 0 Å². The highest BCUT2D eigenvalue weighted by molar-refractivity contribution is 5.62. The van der Waals surface area contributed by atoms with Crippen LogP contribution in [0, 0.1) is 13.8 Å². The average Bonchev–Trinajstić information content (AvgIpc) is 2.87. The maximum atomic E-state index is 5.37. The fourth-order valence-electron chi connectivity index (χ4n) is 2.22. The van der Waals surface area contributed by atoms with Gasteiger partial charge in [-0.05, 0) is 38.3 Å². The topological polar surface area (TPSA) is 39.1 Å². The van der Waals surface area contributed by atoms with Gasteiger partial charge >= 0.3 is 0 Å². The van der Waals surface area contributed by atoms with Gasteiger partial charge in [0.05, 0.1) is 0 Å². The molecule has 1 aromatic heterocycles. The number of aryl methyl sites for hydroxylation is 3. The van der Waals surface area contributed by atoms with Crippen LogP contribution in [0.3, 0.4) is 0 Å². The Kier molecular flexibility index (Phi) is 5.18. The molecule has 0 saturated heterocycles. The van der Waals surface area contributed by atoms with Crippen molar-refractivity contribution in [1.82, 2.24) is 9.55 Å².